The van der Waals surface area contributed by atoms with Crippen molar-refractivity contribution in [1.82, 2.24) is 24.0 Å². The average Bonchev–Trinajstić information content (AvgIpc) is 3.12. The number of ether oxygens (including phenoxy) is 1. The van der Waals surface area contributed by atoms with Crippen LogP contribution in [0.1, 0.15) is 5.56 Å². The number of hydrogen-bond donors (Lipinski definition) is 1. The van der Waals surface area contributed by atoms with Crippen LogP contribution < -0.4 is 26.2 Å². The van der Waals surface area contributed by atoms with E-state index in [1.54, 1.807) is 29.8 Å². The average molecular weight is 420 g/mol. The number of piperazine rings is 1. The first-order chi connectivity index (χ1) is 14.4. The van der Waals surface area contributed by atoms with Gasteiger partial charge in [-0.05, 0) is 6.07 Å². The standard InChI is InChI=1S/C19H22F2N6O3/c1-24-15-14(16(28)25(2)19(24)29)27(18(23-15)26-9-7-22-8-10-26)11-12-5-3-4-6-13(12)30-17(20)21/h3-6,17,22H,7-11H2,1-2H3. The van der Waals surface area contributed by atoms with E-state index in [-0.39, 0.29) is 23.5 Å². The minimum absolute atomic E-state index is 0.0299. The Balaban J connectivity index is 1.93. The Labute approximate surface area is 170 Å². The lowest BCUT2D eigenvalue weighted by Crippen LogP contribution is -2.44. The summed E-state index contributed by atoms with van der Waals surface area (Å²) in [4.78, 5) is 32.0. The number of anilines is 1. The smallest absolute Gasteiger partial charge is 0.387 e. The molecular formula is C19H22F2N6O3. The van der Waals surface area contributed by atoms with Gasteiger partial charge >= 0.3 is 12.3 Å². The predicted molar refractivity (Wildman–Crippen MR) is 107 cm³/mol. The molecule has 0 spiro atoms. The van der Waals surface area contributed by atoms with Crippen molar-refractivity contribution in [3.8, 4) is 5.75 Å². The molecule has 1 aromatic carbocycles. The molecule has 30 heavy (non-hydrogen) atoms. The van der Waals surface area contributed by atoms with Crippen molar-refractivity contribution in [2.45, 2.75) is 13.2 Å². The molecule has 160 valence electrons. The SMILES string of the molecule is Cn1c(=O)c2c(nc(N3CCNCC3)n2Cc2ccccc2OC(F)F)n(C)c1=O. The summed E-state index contributed by atoms with van der Waals surface area (Å²) in [5, 5.41) is 3.26. The zero-order valence-corrected chi connectivity index (χ0v) is 16.6. The van der Waals surface area contributed by atoms with Gasteiger partial charge in [0, 0.05) is 45.8 Å². The molecule has 0 radical (unpaired) electrons. The van der Waals surface area contributed by atoms with Crippen LogP contribution in [0.5, 0.6) is 5.75 Å². The van der Waals surface area contributed by atoms with E-state index < -0.39 is 17.9 Å². The first-order valence-electron chi connectivity index (χ1n) is 9.53. The second kappa shape index (κ2) is 7.90. The number of nitrogens with zero attached hydrogens (tertiary/aromatic N) is 5. The van der Waals surface area contributed by atoms with Gasteiger partial charge in [0.1, 0.15) is 5.75 Å². The fraction of sp³-hybridized carbons (Fsp3) is 0.421. The summed E-state index contributed by atoms with van der Waals surface area (Å²) in [6, 6.07) is 6.44. The summed E-state index contributed by atoms with van der Waals surface area (Å²) in [5.74, 6) is 0.541. The van der Waals surface area contributed by atoms with Crippen molar-refractivity contribution in [2.24, 2.45) is 14.1 Å². The number of aryl methyl sites for hydroxylation is 1. The van der Waals surface area contributed by atoms with Gasteiger partial charge in [0.05, 0.1) is 6.54 Å². The van der Waals surface area contributed by atoms with Gasteiger partial charge in [0.25, 0.3) is 5.56 Å². The highest BCUT2D eigenvalue weighted by atomic mass is 19.3. The second-order valence-corrected chi connectivity index (χ2v) is 7.10. The number of halogens is 2. The molecule has 1 aliphatic rings. The Morgan fingerprint density at radius 3 is 2.53 bits per heavy atom. The number of rotatable bonds is 5. The molecule has 2 aromatic heterocycles. The summed E-state index contributed by atoms with van der Waals surface area (Å²) < 4.78 is 34.4. The Morgan fingerprint density at radius 1 is 1.13 bits per heavy atom. The normalized spacial score (nSPS) is 14.6. The molecule has 0 amide bonds. The minimum Gasteiger partial charge on any atom is -0.434 e. The summed E-state index contributed by atoms with van der Waals surface area (Å²) >= 11 is 0. The Kier molecular flexibility index (Phi) is 5.29. The molecule has 3 aromatic rings. The van der Waals surface area contributed by atoms with Crippen molar-refractivity contribution in [2.75, 3.05) is 31.1 Å². The number of aromatic nitrogens is 4. The highest BCUT2D eigenvalue weighted by Gasteiger charge is 2.24. The van der Waals surface area contributed by atoms with Gasteiger partial charge in [0.2, 0.25) is 5.95 Å². The minimum atomic E-state index is -2.97. The lowest BCUT2D eigenvalue weighted by molar-refractivity contribution is -0.0504. The van der Waals surface area contributed by atoms with Crippen LogP contribution in [0, 0.1) is 0 Å². The number of alkyl halides is 2. The van der Waals surface area contributed by atoms with Crippen LogP contribution in [0.15, 0.2) is 33.9 Å². The van der Waals surface area contributed by atoms with Gasteiger partial charge in [-0.2, -0.15) is 13.8 Å². The zero-order chi connectivity index (χ0) is 21.4. The lowest BCUT2D eigenvalue weighted by atomic mass is 10.2. The van der Waals surface area contributed by atoms with Gasteiger partial charge in [-0.1, -0.05) is 18.2 Å². The van der Waals surface area contributed by atoms with E-state index in [1.165, 1.54) is 17.7 Å². The largest absolute Gasteiger partial charge is 0.434 e. The molecule has 1 fully saturated rings. The quantitative estimate of drug-likeness (QED) is 0.647. The van der Waals surface area contributed by atoms with E-state index in [0.29, 0.717) is 24.6 Å². The van der Waals surface area contributed by atoms with Crippen molar-refractivity contribution in [3.63, 3.8) is 0 Å². The summed E-state index contributed by atoms with van der Waals surface area (Å²) in [6.45, 7) is -0.0748. The van der Waals surface area contributed by atoms with Gasteiger partial charge in [-0.3, -0.25) is 18.5 Å². The molecule has 0 unspecified atom stereocenters. The van der Waals surface area contributed by atoms with E-state index in [4.69, 9.17) is 0 Å². The van der Waals surface area contributed by atoms with Crippen LogP contribution in [0.3, 0.4) is 0 Å². The van der Waals surface area contributed by atoms with Gasteiger partial charge < -0.3 is 15.0 Å². The van der Waals surface area contributed by atoms with Gasteiger partial charge in [-0.15, -0.1) is 0 Å². The molecule has 0 bridgehead atoms. The van der Waals surface area contributed by atoms with E-state index in [1.807, 2.05) is 4.90 Å². The molecule has 1 N–H and O–H groups in total. The Hall–Kier alpha value is -3.21. The first-order valence-corrected chi connectivity index (χ1v) is 9.53. The van der Waals surface area contributed by atoms with E-state index >= 15 is 0 Å². The van der Waals surface area contributed by atoms with E-state index in [2.05, 4.69) is 15.0 Å². The third kappa shape index (κ3) is 3.45. The van der Waals surface area contributed by atoms with Crippen molar-refractivity contribution < 1.29 is 13.5 Å². The molecule has 3 heterocycles. The number of hydrogen-bond acceptors (Lipinski definition) is 6. The fourth-order valence-corrected chi connectivity index (χ4v) is 3.71. The fourth-order valence-electron chi connectivity index (χ4n) is 3.71. The molecule has 1 saturated heterocycles. The topological polar surface area (TPSA) is 86.3 Å². The third-order valence-electron chi connectivity index (χ3n) is 5.24. The number of fused-ring (bicyclic) bond motifs is 1. The molecule has 0 saturated carbocycles. The summed E-state index contributed by atoms with van der Waals surface area (Å²) in [7, 11) is 2.95. The zero-order valence-electron chi connectivity index (χ0n) is 16.6. The molecule has 4 rings (SSSR count). The Bertz CT molecular complexity index is 1190. The lowest BCUT2D eigenvalue weighted by Gasteiger charge is -2.29. The maximum absolute atomic E-state index is 13.0. The van der Waals surface area contributed by atoms with Crippen molar-refractivity contribution >= 4 is 17.1 Å². The van der Waals surface area contributed by atoms with E-state index in [9.17, 15) is 18.4 Å². The van der Waals surface area contributed by atoms with Crippen LogP contribution in [0.4, 0.5) is 14.7 Å². The molecule has 1 aliphatic heterocycles. The first kappa shape index (κ1) is 20.1. The number of benzene rings is 1. The Morgan fingerprint density at radius 2 is 1.83 bits per heavy atom. The van der Waals surface area contributed by atoms with Crippen LogP contribution in [0.2, 0.25) is 0 Å². The second-order valence-electron chi connectivity index (χ2n) is 7.10. The molecule has 9 nitrogen and oxygen atoms in total. The summed E-state index contributed by atoms with van der Waals surface area (Å²) in [5.41, 5.74) is -0.00652. The third-order valence-corrected chi connectivity index (χ3v) is 5.24. The number of imidazole rings is 1. The van der Waals surface area contributed by atoms with Crippen LogP contribution >= 0.6 is 0 Å². The number of nitrogens with one attached hydrogen (secondary N) is 1. The predicted octanol–water partition coefficient (Wildman–Crippen LogP) is 0.493. The van der Waals surface area contributed by atoms with Gasteiger partial charge in [0.15, 0.2) is 11.2 Å². The number of para-hydroxylation sites is 1. The van der Waals surface area contributed by atoms with Crippen molar-refractivity contribution in [3.05, 3.63) is 50.7 Å². The van der Waals surface area contributed by atoms with E-state index in [0.717, 1.165) is 17.7 Å². The highest BCUT2D eigenvalue weighted by Crippen LogP contribution is 2.26. The monoisotopic (exact) mass is 420 g/mol. The summed E-state index contributed by atoms with van der Waals surface area (Å²) in [6.07, 6.45) is 0. The maximum atomic E-state index is 13.0. The molecule has 0 aliphatic carbocycles. The molecule has 0 atom stereocenters. The highest BCUT2D eigenvalue weighted by molar-refractivity contribution is 5.75. The van der Waals surface area contributed by atoms with Gasteiger partial charge in [-0.25, -0.2) is 4.79 Å². The van der Waals surface area contributed by atoms with Crippen molar-refractivity contribution in [1.29, 1.82) is 0 Å². The van der Waals surface area contributed by atoms with Crippen LogP contribution in [-0.2, 0) is 20.6 Å². The molecule has 11 heteroatoms. The van der Waals surface area contributed by atoms with Crippen LogP contribution in [0.25, 0.3) is 11.2 Å². The van der Waals surface area contributed by atoms with Crippen LogP contribution in [-0.4, -0.2) is 51.5 Å². The maximum Gasteiger partial charge on any atom is 0.387 e. The molecular weight excluding hydrogens is 398 g/mol.